The molecule has 19 heavy (non-hydrogen) atoms. The zero-order valence-corrected chi connectivity index (χ0v) is 9.74. The first-order chi connectivity index (χ1) is 9.16. The molecule has 0 aliphatic carbocycles. The molecule has 0 spiro atoms. The van der Waals surface area contributed by atoms with Crippen LogP contribution in [0.25, 0.3) is 0 Å². The first kappa shape index (κ1) is 12.6. The van der Waals surface area contributed by atoms with Gasteiger partial charge in [-0.25, -0.2) is 0 Å². The fourth-order valence-corrected chi connectivity index (χ4v) is 1.51. The SMILES string of the molecule is O=C(Cc1ccccc1[N+](=O)[O-])NCc1nn[nH]n1. The second-order valence-electron chi connectivity index (χ2n) is 3.67. The van der Waals surface area contributed by atoms with Crippen LogP contribution in [0.5, 0.6) is 0 Å². The van der Waals surface area contributed by atoms with E-state index in [0.29, 0.717) is 11.4 Å². The molecule has 98 valence electrons. The number of nitrogens with zero attached hydrogens (tertiary/aromatic N) is 4. The van der Waals surface area contributed by atoms with E-state index < -0.39 is 4.92 Å². The molecule has 0 saturated carbocycles. The summed E-state index contributed by atoms with van der Waals surface area (Å²) in [6, 6.07) is 6.11. The maximum atomic E-state index is 11.7. The summed E-state index contributed by atoms with van der Waals surface area (Å²) in [6.45, 7) is 0.121. The largest absolute Gasteiger partial charge is 0.348 e. The average Bonchev–Trinajstić information content (AvgIpc) is 2.90. The number of para-hydroxylation sites is 1. The molecule has 2 N–H and O–H groups in total. The van der Waals surface area contributed by atoms with Crippen molar-refractivity contribution < 1.29 is 9.72 Å². The van der Waals surface area contributed by atoms with Crippen LogP contribution >= 0.6 is 0 Å². The van der Waals surface area contributed by atoms with E-state index in [0.717, 1.165) is 0 Å². The van der Waals surface area contributed by atoms with E-state index >= 15 is 0 Å². The van der Waals surface area contributed by atoms with Crippen molar-refractivity contribution in [2.24, 2.45) is 0 Å². The van der Waals surface area contributed by atoms with Crippen LogP contribution in [-0.2, 0) is 17.8 Å². The molecule has 0 bridgehead atoms. The number of tetrazole rings is 1. The van der Waals surface area contributed by atoms with Gasteiger partial charge in [0.2, 0.25) is 5.91 Å². The molecule has 1 aromatic carbocycles. The Morgan fingerprint density at radius 2 is 2.21 bits per heavy atom. The lowest BCUT2D eigenvalue weighted by Crippen LogP contribution is -2.25. The Balaban J connectivity index is 1.97. The lowest BCUT2D eigenvalue weighted by atomic mass is 10.1. The third-order valence-electron chi connectivity index (χ3n) is 2.37. The standard InChI is InChI=1S/C10H10N6O3/c17-10(11-6-9-12-14-15-13-9)5-7-3-1-2-4-8(7)16(18)19/h1-4H,5-6H2,(H,11,17)(H,12,13,14,15). The summed E-state index contributed by atoms with van der Waals surface area (Å²) in [4.78, 5) is 21.9. The maximum absolute atomic E-state index is 11.7. The van der Waals surface area contributed by atoms with Gasteiger partial charge in [-0.2, -0.15) is 5.21 Å². The number of benzene rings is 1. The van der Waals surface area contributed by atoms with E-state index in [4.69, 9.17) is 0 Å². The topological polar surface area (TPSA) is 127 Å². The van der Waals surface area contributed by atoms with Crippen molar-refractivity contribution in [2.45, 2.75) is 13.0 Å². The second kappa shape index (κ2) is 5.67. The van der Waals surface area contributed by atoms with Crippen molar-refractivity contribution in [1.29, 1.82) is 0 Å². The Labute approximate surface area is 107 Å². The summed E-state index contributed by atoms with van der Waals surface area (Å²) >= 11 is 0. The number of nitro benzene ring substituents is 1. The third-order valence-corrected chi connectivity index (χ3v) is 2.37. The van der Waals surface area contributed by atoms with Crippen molar-refractivity contribution in [3.63, 3.8) is 0 Å². The average molecular weight is 262 g/mol. The second-order valence-corrected chi connectivity index (χ2v) is 3.67. The third kappa shape index (κ3) is 3.31. The normalized spacial score (nSPS) is 10.1. The molecule has 0 radical (unpaired) electrons. The molecule has 1 aromatic heterocycles. The Morgan fingerprint density at radius 3 is 2.89 bits per heavy atom. The van der Waals surface area contributed by atoms with Gasteiger partial charge in [-0.15, -0.1) is 10.2 Å². The molecule has 9 nitrogen and oxygen atoms in total. The number of H-pyrrole nitrogens is 1. The molecule has 1 amide bonds. The number of nitrogens with one attached hydrogen (secondary N) is 2. The number of aromatic amines is 1. The molecule has 2 aromatic rings. The van der Waals surface area contributed by atoms with Gasteiger partial charge in [-0.1, -0.05) is 23.4 Å². The number of hydrogen-bond donors (Lipinski definition) is 2. The Hall–Kier alpha value is -2.84. The zero-order chi connectivity index (χ0) is 13.7. The molecule has 0 fully saturated rings. The van der Waals surface area contributed by atoms with Crippen LogP contribution in [0.15, 0.2) is 24.3 Å². The molecule has 2 rings (SSSR count). The number of hydrogen-bond acceptors (Lipinski definition) is 6. The zero-order valence-electron chi connectivity index (χ0n) is 9.74. The van der Waals surface area contributed by atoms with Gasteiger partial charge in [0.05, 0.1) is 17.9 Å². The fourth-order valence-electron chi connectivity index (χ4n) is 1.51. The highest BCUT2D eigenvalue weighted by Crippen LogP contribution is 2.17. The van der Waals surface area contributed by atoms with Gasteiger partial charge in [0.15, 0.2) is 5.82 Å². The summed E-state index contributed by atoms with van der Waals surface area (Å²) in [7, 11) is 0. The molecule has 0 saturated heterocycles. The van der Waals surface area contributed by atoms with Gasteiger partial charge < -0.3 is 5.32 Å². The molecular formula is C10H10N6O3. The quantitative estimate of drug-likeness (QED) is 0.575. The van der Waals surface area contributed by atoms with Crippen LogP contribution in [0.4, 0.5) is 5.69 Å². The van der Waals surface area contributed by atoms with Gasteiger partial charge in [0.1, 0.15) is 0 Å². The molecule has 9 heteroatoms. The summed E-state index contributed by atoms with van der Waals surface area (Å²) in [5, 5.41) is 26.3. The molecule has 0 atom stereocenters. The molecule has 0 unspecified atom stereocenters. The fraction of sp³-hybridized carbons (Fsp3) is 0.200. The van der Waals surface area contributed by atoms with Gasteiger partial charge in [-0.05, 0) is 0 Å². The molecule has 0 aliphatic heterocycles. The van der Waals surface area contributed by atoms with Gasteiger partial charge in [-0.3, -0.25) is 14.9 Å². The lowest BCUT2D eigenvalue weighted by Gasteiger charge is -2.03. The van der Waals surface area contributed by atoms with Crippen molar-refractivity contribution >= 4 is 11.6 Å². The maximum Gasteiger partial charge on any atom is 0.273 e. The van der Waals surface area contributed by atoms with E-state index in [2.05, 4.69) is 25.9 Å². The predicted octanol–water partition coefficient (Wildman–Crippen LogP) is -0.0332. The van der Waals surface area contributed by atoms with Gasteiger partial charge in [0, 0.05) is 11.6 Å². The number of aromatic nitrogens is 4. The van der Waals surface area contributed by atoms with Crippen molar-refractivity contribution in [3.8, 4) is 0 Å². The van der Waals surface area contributed by atoms with Gasteiger partial charge in [0.25, 0.3) is 5.69 Å². The minimum atomic E-state index is -0.512. The minimum Gasteiger partial charge on any atom is -0.348 e. The van der Waals surface area contributed by atoms with Crippen LogP contribution < -0.4 is 5.32 Å². The highest BCUT2D eigenvalue weighted by Gasteiger charge is 2.15. The lowest BCUT2D eigenvalue weighted by molar-refractivity contribution is -0.385. The summed E-state index contributed by atoms with van der Waals surface area (Å²) in [5.74, 6) is -0.00462. The first-order valence-electron chi connectivity index (χ1n) is 5.38. The number of nitro groups is 1. The predicted molar refractivity (Wildman–Crippen MR) is 62.8 cm³/mol. The summed E-state index contributed by atoms with van der Waals surface area (Å²) in [5.41, 5.74) is 0.287. The highest BCUT2D eigenvalue weighted by atomic mass is 16.6. The van der Waals surface area contributed by atoms with Gasteiger partial charge >= 0.3 is 0 Å². The molecule has 1 heterocycles. The van der Waals surface area contributed by atoms with E-state index in [1.807, 2.05) is 0 Å². The van der Waals surface area contributed by atoms with E-state index in [9.17, 15) is 14.9 Å². The molecular weight excluding hydrogens is 252 g/mol. The monoisotopic (exact) mass is 262 g/mol. The highest BCUT2D eigenvalue weighted by molar-refractivity contribution is 5.79. The Bertz CT molecular complexity index is 583. The summed E-state index contributed by atoms with van der Waals surface area (Å²) < 4.78 is 0. The smallest absolute Gasteiger partial charge is 0.273 e. The van der Waals surface area contributed by atoms with Crippen LogP contribution in [-0.4, -0.2) is 31.5 Å². The van der Waals surface area contributed by atoms with Crippen molar-refractivity contribution in [1.82, 2.24) is 25.9 Å². The molecule has 0 aliphatic rings. The number of carbonyl (C=O) groups excluding carboxylic acids is 1. The van der Waals surface area contributed by atoms with Crippen molar-refractivity contribution in [2.75, 3.05) is 0 Å². The van der Waals surface area contributed by atoms with Crippen LogP contribution in [0.1, 0.15) is 11.4 Å². The van der Waals surface area contributed by atoms with Crippen molar-refractivity contribution in [3.05, 3.63) is 45.8 Å². The van der Waals surface area contributed by atoms with Crippen LogP contribution in [0, 0.1) is 10.1 Å². The summed E-state index contributed by atoms with van der Waals surface area (Å²) in [6.07, 6.45) is -0.0744. The Kier molecular flexibility index (Phi) is 3.76. The van der Waals surface area contributed by atoms with E-state index in [-0.39, 0.29) is 24.6 Å². The number of carbonyl (C=O) groups is 1. The van der Waals surface area contributed by atoms with E-state index in [1.165, 1.54) is 6.07 Å². The van der Waals surface area contributed by atoms with Crippen LogP contribution in [0.2, 0.25) is 0 Å². The Morgan fingerprint density at radius 1 is 1.42 bits per heavy atom. The van der Waals surface area contributed by atoms with Crippen LogP contribution in [0.3, 0.4) is 0 Å². The number of rotatable bonds is 5. The number of amides is 1. The van der Waals surface area contributed by atoms with E-state index in [1.54, 1.807) is 18.2 Å². The first-order valence-corrected chi connectivity index (χ1v) is 5.38. The minimum absolute atomic E-state index is 0.0720.